The van der Waals surface area contributed by atoms with Gasteiger partial charge in [0.2, 0.25) is 0 Å². The molecule has 4 aromatic rings. The van der Waals surface area contributed by atoms with E-state index in [9.17, 15) is 13.0 Å². The van der Waals surface area contributed by atoms with Gasteiger partial charge in [-0.3, -0.25) is 0 Å². The Bertz CT molecular complexity index is 1290. The summed E-state index contributed by atoms with van der Waals surface area (Å²) in [6.07, 6.45) is 0. The minimum atomic E-state index is -4.57. The molecule has 0 N–H and O–H groups in total. The summed E-state index contributed by atoms with van der Waals surface area (Å²) in [6, 6.07) is 19.2. The van der Waals surface area contributed by atoms with E-state index in [4.69, 9.17) is 14.2 Å². The Hall–Kier alpha value is -4.02. The van der Waals surface area contributed by atoms with Crippen molar-refractivity contribution in [2.75, 3.05) is 0 Å². The zero-order chi connectivity index (χ0) is 23.4. The van der Waals surface area contributed by atoms with Crippen molar-refractivity contribution in [1.82, 2.24) is 15.0 Å². The second kappa shape index (κ2) is 9.23. The topological polar surface area (TPSA) is 124 Å². The first-order valence-electron chi connectivity index (χ1n) is 9.73. The molecule has 0 atom stereocenters. The summed E-state index contributed by atoms with van der Waals surface area (Å²) in [4.78, 5) is 12.1. The summed E-state index contributed by atoms with van der Waals surface area (Å²) >= 11 is 0. The van der Waals surface area contributed by atoms with Crippen LogP contribution < -0.4 is 14.2 Å². The van der Waals surface area contributed by atoms with E-state index in [1.54, 1.807) is 24.3 Å². The molecule has 0 aliphatic rings. The molecule has 1 aromatic heterocycles. The van der Waals surface area contributed by atoms with Crippen LogP contribution in [0, 0.1) is 13.8 Å². The molecular weight excluding hydrogens is 446 g/mol. The molecule has 0 spiro atoms. The molecule has 0 saturated heterocycles. The Kier molecular flexibility index (Phi) is 6.20. The van der Waals surface area contributed by atoms with Gasteiger partial charge in [-0.05, 0) is 62.4 Å². The highest BCUT2D eigenvalue weighted by Gasteiger charge is 2.13. The average Bonchev–Trinajstić information content (AvgIpc) is 2.77. The van der Waals surface area contributed by atoms with Crippen molar-refractivity contribution < 1.29 is 27.2 Å². The van der Waals surface area contributed by atoms with Gasteiger partial charge in [0.15, 0.2) is 0 Å². The van der Waals surface area contributed by atoms with Crippen LogP contribution in [0.4, 0.5) is 0 Å². The molecule has 0 fully saturated rings. The number of benzene rings is 3. The fourth-order valence-electron chi connectivity index (χ4n) is 2.66. The van der Waals surface area contributed by atoms with Crippen LogP contribution in [0.1, 0.15) is 11.1 Å². The number of nitrogens with zero attached hydrogens (tertiary/aromatic N) is 3. The summed E-state index contributed by atoms with van der Waals surface area (Å²) in [5, 5.41) is 0. The SMILES string of the molecule is Cc1ccc(Oc2nc(Oc3ccc(C)cc3)nc(Oc3ccc(S(=O)(=O)[O-])cc3)n2)cc1. The molecule has 0 saturated carbocycles. The Labute approximate surface area is 190 Å². The first-order chi connectivity index (χ1) is 15.7. The molecule has 168 valence electrons. The van der Waals surface area contributed by atoms with Crippen molar-refractivity contribution in [2.45, 2.75) is 18.7 Å². The maximum absolute atomic E-state index is 11.1. The van der Waals surface area contributed by atoms with Crippen molar-refractivity contribution >= 4 is 10.1 Å². The van der Waals surface area contributed by atoms with Crippen LogP contribution in [0.2, 0.25) is 0 Å². The first kappa shape index (κ1) is 22.2. The predicted molar refractivity (Wildman–Crippen MR) is 117 cm³/mol. The third-order valence-electron chi connectivity index (χ3n) is 4.36. The fourth-order valence-corrected chi connectivity index (χ4v) is 3.13. The molecule has 4 rings (SSSR count). The maximum Gasteiger partial charge on any atom is 0.331 e. The highest BCUT2D eigenvalue weighted by atomic mass is 32.2. The lowest BCUT2D eigenvalue weighted by molar-refractivity contribution is 0.362. The van der Waals surface area contributed by atoms with E-state index in [0.29, 0.717) is 11.5 Å². The molecule has 9 nitrogen and oxygen atoms in total. The number of aromatic nitrogens is 3. The van der Waals surface area contributed by atoms with Gasteiger partial charge in [0.1, 0.15) is 27.4 Å². The van der Waals surface area contributed by atoms with Crippen molar-refractivity contribution in [3.05, 3.63) is 83.9 Å². The van der Waals surface area contributed by atoms with Crippen molar-refractivity contribution in [3.63, 3.8) is 0 Å². The summed E-state index contributed by atoms with van der Waals surface area (Å²) in [6.45, 7) is 3.91. The number of rotatable bonds is 7. The monoisotopic (exact) mass is 464 g/mol. The lowest BCUT2D eigenvalue weighted by Crippen LogP contribution is -2.02. The molecule has 0 aliphatic heterocycles. The zero-order valence-electron chi connectivity index (χ0n) is 17.6. The number of hydrogen-bond donors (Lipinski definition) is 0. The third kappa shape index (κ3) is 6.03. The summed E-state index contributed by atoms with van der Waals surface area (Å²) in [5.74, 6) is 1.21. The van der Waals surface area contributed by atoms with Crippen molar-refractivity contribution in [3.8, 4) is 35.3 Å². The Balaban J connectivity index is 1.63. The van der Waals surface area contributed by atoms with Crippen LogP contribution in [0.3, 0.4) is 0 Å². The van der Waals surface area contributed by atoms with Gasteiger partial charge in [0.05, 0.1) is 4.90 Å². The van der Waals surface area contributed by atoms with Gasteiger partial charge in [-0.25, -0.2) is 8.42 Å². The van der Waals surface area contributed by atoms with Gasteiger partial charge in [-0.1, -0.05) is 35.4 Å². The van der Waals surface area contributed by atoms with E-state index in [2.05, 4.69) is 15.0 Å². The molecule has 0 bridgehead atoms. The smallest absolute Gasteiger partial charge is 0.331 e. The van der Waals surface area contributed by atoms with Gasteiger partial charge in [-0.15, -0.1) is 15.0 Å². The Morgan fingerprint density at radius 3 is 1.18 bits per heavy atom. The van der Waals surface area contributed by atoms with E-state index in [-0.39, 0.29) is 28.7 Å². The average molecular weight is 464 g/mol. The van der Waals surface area contributed by atoms with Crippen molar-refractivity contribution in [2.24, 2.45) is 0 Å². The molecular formula is C23H18N3O6S-. The number of hydrogen-bond acceptors (Lipinski definition) is 9. The maximum atomic E-state index is 11.1. The predicted octanol–water partition coefficient (Wildman–Crippen LogP) is 4.77. The fraction of sp³-hybridized carbons (Fsp3) is 0.0870. The van der Waals surface area contributed by atoms with E-state index in [1.165, 1.54) is 12.1 Å². The second-order valence-corrected chi connectivity index (χ2v) is 8.42. The van der Waals surface area contributed by atoms with Crippen LogP contribution in [0.15, 0.2) is 77.7 Å². The van der Waals surface area contributed by atoms with Gasteiger partial charge in [-0.2, -0.15) is 0 Å². The van der Waals surface area contributed by atoms with Gasteiger partial charge in [0.25, 0.3) is 0 Å². The highest BCUT2D eigenvalue weighted by Crippen LogP contribution is 2.27. The minimum absolute atomic E-state index is 0.0651. The van der Waals surface area contributed by atoms with Crippen LogP contribution in [0.5, 0.6) is 35.3 Å². The molecule has 33 heavy (non-hydrogen) atoms. The number of aryl methyl sites for hydroxylation is 2. The highest BCUT2D eigenvalue weighted by molar-refractivity contribution is 7.85. The van der Waals surface area contributed by atoms with Crippen LogP contribution in [-0.4, -0.2) is 27.9 Å². The standard InChI is InChI=1S/C23H19N3O6S/c1-15-3-7-17(8-4-15)30-21-24-22(31-18-9-5-16(2)6-10-18)26-23(25-21)32-19-11-13-20(14-12-19)33(27,28)29/h3-14H,1-2H3,(H,27,28,29)/p-1. The zero-order valence-corrected chi connectivity index (χ0v) is 18.4. The van der Waals surface area contributed by atoms with E-state index < -0.39 is 10.1 Å². The molecule has 0 radical (unpaired) electrons. The lowest BCUT2D eigenvalue weighted by atomic mass is 10.2. The second-order valence-electron chi connectivity index (χ2n) is 7.04. The Morgan fingerprint density at radius 2 is 0.879 bits per heavy atom. The first-order valence-corrected chi connectivity index (χ1v) is 11.1. The largest absolute Gasteiger partial charge is 0.744 e. The molecule has 10 heteroatoms. The van der Waals surface area contributed by atoms with E-state index >= 15 is 0 Å². The van der Waals surface area contributed by atoms with Gasteiger partial charge >= 0.3 is 18.0 Å². The van der Waals surface area contributed by atoms with Crippen molar-refractivity contribution in [1.29, 1.82) is 0 Å². The minimum Gasteiger partial charge on any atom is -0.744 e. The Morgan fingerprint density at radius 1 is 0.576 bits per heavy atom. The molecule has 0 aliphatic carbocycles. The van der Waals surface area contributed by atoms with Crippen LogP contribution >= 0.6 is 0 Å². The van der Waals surface area contributed by atoms with Crippen LogP contribution in [0.25, 0.3) is 0 Å². The molecule has 3 aromatic carbocycles. The lowest BCUT2D eigenvalue weighted by Gasteiger charge is -2.11. The molecule has 0 amide bonds. The van der Waals surface area contributed by atoms with E-state index in [1.807, 2.05) is 38.1 Å². The normalized spacial score (nSPS) is 11.1. The molecule has 1 heterocycles. The summed E-state index contributed by atoms with van der Waals surface area (Å²) < 4.78 is 50.4. The number of ether oxygens (including phenoxy) is 3. The van der Waals surface area contributed by atoms with E-state index in [0.717, 1.165) is 23.3 Å². The van der Waals surface area contributed by atoms with Gasteiger partial charge in [0, 0.05) is 0 Å². The van der Waals surface area contributed by atoms with Gasteiger partial charge < -0.3 is 18.8 Å². The molecule has 0 unspecified atom stereocenters. The summed E-state index contributed by atoms with van der Waals surface area (Å²) in [7, 11) is -4.57. The van der Waals surface area contributed by atoms with Crippen LogP contribution in [-0.2, 0) is 10.1 Å². The summed E-state index contributed by atoms with van der Waals surface area (Å²) in [5.41, 5.74) is 2.13. The quantitative estimate of drug-likeness (QED) is 0.356. The third-order valence-corrected chi connectivity index (χ3v) is 5.21.